The molecule has 526 valence electrons. The zero-order chi connectivity index (χ0) is 74.7. The number of benzene rings is 14. The molecule has 1 spiro atoms. The van der Waals surface area contributed by atoms with Crippen molar-refractivity contribution >= 4 is 0 Å². The van der Waals surface area contributed by atoms with E-state index in [0.717, 1.165) is 77.9 Å². The fourth-order valence-corrected chi connectivity index (χ4v) is 17.0. The van der Waals surface area contributed by atoms with E-state index in [1.807, 2.05) is 85.2 Å². The number of pyridine rings is 2. The summed E-state index contributed by atoms with van der Waals surface area (Å²) in [6, 6.07) is 129. The van der Waals surface area contributed by atoms with Crippen LogP contribution in [0.2, 0.25) is 0 Å². The molecule has 3 aliphatic rings. The molecule has 0 radical (unpaired) electrons. The van der Waals surface area contributed by atoms with Crippen LogP contribution in [0.1, 0.15) is 47.2 Å². The Kier molecular flexibility index (Phi) is 16.6. The first-order valence-electron chi connectivity index (χ1n) is 38.0. The Morgan fingerprint density at radius 1 is 0.170 bits per heavy atom. The average Bonchev–Trinajstić information content (AvgIpc) is 1.51. The van der Waals surface area contributed by atoms with Gasteiger partial charge in [-0.2, -0.15) is 0 Å². The fraction of sp³-hybridized carbons (Fsp3) is 0.0385. The smallest absolute Gasteiger partial charge is 0.164 e. The summed E-state index contributed by atoms with van der Waals surface area (Å²) < 4.78 is 0. The number of hydrogen-bond donors (Lipinski definition) is 0. The number of nitrogens with zero attached hydrogens (tertiary/aromatic N) is 8. The van der Waals surface area contributed by atoms with Gasteiger partial charge >= 0.3 is 0 Å². The highest BCUT2D eigenvalue weighted by Gasteiger charge is 2.51. The van der Waals surface area contributed by atoms with Gasteiger partial charge in [0.15, 0.2) is 34.9 Å². The summed E-state index contributed by atoms with van der Waals surface area (Å²) in [6.45, 7) is 4.64. The van der Waals surface area contributed by atoms with Gasteiger partial charge in [-0.25, -0.2) is 29.9 Å². The molecule has 8 nitrogen and oxygen atoms in total. The molecule has 8 heteroatoms. The molecule has 0 fully saturated rings. The molecule has 4 heterocycles. The number of aromatic nitrogens is 8. The minimum Gasteiger partial charge on any atom is -0.264 e. The van der Waals surface area contributed by atoms with E-state index in [-0.39, 0.29) is 10.8 Å². The maximum atomic E-state index is 5.08. The summed E-state index contributed by atoms with van der Waals surface area (Å²) in [4.78, 5) is 38.6. The molecule has 0 amide bonds. The Morgan fingerprint density at radius 3 is 0.795 bits per heavy atom. The second kappa shape index (κ2) is 27.9. The topological polar surface area (TPSA) is 103 Å². The first kappa shape index (κ1) is 66.8. The van der Waals surface area contributed by atoms with Crippen LogP contribution in [0, 0.1) is 0 Å². The summed E-state index contributed by atoms with van der Waals surface area (Å²) in [5.74, 6) is 3.78. The molecule has 18 aromatic rings. The third kappa shape index (κ3) is 11.9. The molecule has 14 aromatic carbocycles. The first-order valence-corrected chi connectivity index (χ1v) is 38.0. The van der Waals surface area contributed by atoms with E-state index >= 15 is 0 Å². The number of fused-ring (bicyclic) bond motifs is 13. The van der Waals surface area contributed by atoms with E-state index in [9.17, 15) is 0 Å². The normalized spacial score (nSPS) is 12.7. The van der Waals surface area contributed by atoms with Crippen LogP contribution >= 0.6 is 0 Å². The highest BCUT2D eigenvalue weighted by molar-refractivity contribution is 5.97. The van der Waals surface area contributed by atoms with Gasteiger partial charge in [-0.1, -0.05) is 329 Å². The highest BCUT2D eigenvalue weighted by Crippen LogP contribution is 2.63. The highest BCUT2D eigenvalue weighted by atomic mass is 15.0. The fourth-order valence-electron chi connectivity index (χ4n) is 17.0. The predicted molar refractivity (Wildman–Crippen MR) is 454 cm³/mol. The van der Waals surface area contributed by atoms with Gasteiger partial charge < -0.3 is 0 Å². The van der Waals surface area contributed by atoms with Gasteiger partial charge in [0.05, 0.1) is 5.41 Å². The van der Waals surface area contributed by atoms with Crippen molar-refractivity contribution in [3.63, 3.8) is 0 Å². The predicted octanol–water partition coefficient (Wildman–Crippen LogP) is 25.2. The Hall–Kier alpha value is -14.6. The molecule has 3 aliphatic carbocycles. The summed E-state index contributed by atoms with van der Waals surface area (Å²) in [5, 5.41) is 0. The lowest BCUT2D eigenvalue weighted by molar-refractivity contribution is 0.660. The van der Waals surface area contributed by atoms with Gasteiger partial charge in [-0.05, 0) is 182 Å². The largest absolute Gasteiger partial charge is 0.264 e. The molecule has 21 rings (SSSR count). The van der Waals surface area contributed by atoms with Gasteiger partial charge in [-0.15, -0.1) is 0 Å². The van der Waals surface area contributed by atoms with Crippen molar-refractivity contribution < 1.29 is 0 Å². The number of rotatable bonds is 12. The molecule has 0 atom stereocenters. The van der Waals surface area contributed by atoms with Crippen molar-refractivity contribution in [2.75, 3.05) is 0 Å². The van der Waals surface area contributed by atoms with E-state index in [0.29, 0.717) is 34.9 Å². The van der Waals surface area contributed by atoms with Crippen molar-refractivity contribution in [3.8, 4) is 168 Å². The van der Waals surface area contributed by atoms with E-state index in [1.165, 1.54) is 89.0 Å². The average molecular weight is 1430 g/mol. The van der Waals surface area contributed by atoms with Gasteiger partial charge in [-0.3, -0.25) is 9.97 Å². The standard InChI is InChI=1S/C57H36N4.C47H34N4/c1-2-13-38(14-3-1)54-59-55(39-28-26-37(27-29-39)45-19-12-32-58-36-45)61-56(60-54)44-18-11-17-42(34-44)40-15-10-16-41(33-40)43-30-31-53-49(35-43)48-22-6-9-25-52(48)57(53)50-23-7-4-20-46(50)47-21-5-8-24-51(47)57;1-47(2)42-19-7-6-18-40(42)41-29-37(24-25-43(41)47)35-14-8-13-34(27-35)36-15-9-16-38(28-36)46-50-44(32-11-4-3-5-12-32)49-45(51-46)33-22-20-31(21-23-33)39-17-10-26-48-30-39/h1-36H;3-30H,1-2H3. The zero-order valence-electron chi connectivity index (χ0n) is 61.5. The summed E-state index contributed by atoms with van der Waals surface area (Å²) in [6.07, 6.45) is 7.32. The maximum absolute atomic E-state index is 5.08. The van der Waals surface area contributed by atoms with Gasteiger partial charge in [0.2, 0.25) is 0 Å². The van der Waals surface area contributed by atoms with E-state index < -0.39 is 0 Å². The van der Waals surface area contributed by atoms with Crippen LogP contribution in [0.5, 0.6) is 0 Å². The van der Waals surface area contributed by atoms with Crippen LogP contribution < -0.4 is 0 Å². The van der Waals surface area contributed by atoms with Gasteiger partial charge in [0.1, 0.15) is 0 Å². The van der Waals surface area contributed by atoms with Crippen LogP contribution in [-0.2, 0) is 10.8 Å². The molecule has 0 saturated heterocycles. The lowest BCUT2D eigenvalue weighted by Crippen LogP contribution is -2.25. The minimum atomic E-state index is -0.349. The van der Waals surface area contributed by atoms with Crippen LogP contribution in [0.4, 0.5) is 0 Å². The quantitative estimate of drug-likeness (QED) is 0.119. The zero-order valence-corrected chi connectivity index (χ0v) is 61.5. The monoisotopic (exact) mass is 1430 g/mol. The van der Waals surface area contributed by atoms with Crippen molar-refractivity contribution in [1.29, 1.82) is 0 Å². The van der Waals surface area contributed by atoms with E-state index in [4.69, 9.17) is 29.9 Å². The van der Waals surface area contributed by atoms with Crippen LogP contribution in [0.3, 0.4) is 0 Å². The molecular weight excluding hydrogens is 1360 g/mol. The Bertz CT molecular complexity index is 6590. The third-order valence-electron chi connectivity index (χ3n) is 22.5. The van der Waals surface area contributed by atoms with Crippen molar-refractivity contribution in [1.82, 2.24) is 39.9 Å². The second-order valence-corrected chi connectivity index (χ2v) is 29.4. The second-order valence-electron chi connectivity index (χ2n) is 29.4. The molecule has 112 heavy (non-hydrogen) atoms. The van der Waals surface area contributed by atoms with Crippen molar-refractivity contribution in [2.45, 2.75) is 24.7 Å². The molecule has 0 unspecified atom stereocenters. The van der Waals surface area contributed by atoms with Crippen LogP contribution in [-0.4, -0.2) is 39.9 Å². The first-order chi connectivity index (χ1) is 55.2. The Labute approximate surface area is 651 Å². The summed E-state index contributed by atoms with van der Waals surface area (Å²) >= 11 is 0. The summed E-state index contributed by atoms with van der Waals surface area (Å²) in [7, 11) is 0. The molecule has 4 aromatic heterocycles. The molecule has 0 N–H and O–H groups in total. The van der Waals surface area contributed by atoms with Crippen molar-refractivity contribution in [3.05, 3.63) is 422 Å². The Morgan fingerprint density at radius 2 is 0.411 bits per heavy atom. The van der Waals surface area contributed by atoms with Crippen LogP contribution in [0.25, 0.3) is 168 Å². The van der Waals surface area contributed by atoms with Crippen molar-refractivity contribution in [2.24, 2.45) is 0 Å². The maximum Gasteiger partial charge on any atom is 0.164 e. The molecule has 0 saturated carbocycles. The lowest BCUT2D eigenvalue weighted by atomic mass is 9.70. The van der Waals surface area contributed by atoms with E-state index in [2.05, 4.69) is 315 Å². The van der Waals surface area contributed by atoms with Gasteiger partial charge in [0, 0.05) is 63.6 Å². The molecular formula is C104H70N8. The molecule has 0 aliphatic heterocycles. The Balaban J connectivity index is 0.000000148. The molecule has 0 bridgehead atoms. The number of hydrogen-bond acceptors (Lipinski definition) is 8. The third-order valence-corrected chi connectivity index (χ3v) is 22.5. The summed E-state index contributed by atoms with van der Waals surface area (Å²) in [5.41, 5.74) is 34.8. The lowest BCUT2D eigenvalue weighted by Gasteiger charge is -2.30. The minimum absolute atomic E-state index is 0.00859. The van der Waals surface area contributed by atoms with Crippen LogP contribution in [0.15, 0.2) is 389 Å². The van der Waals surface area contributed by atoms with E-state index in [1.54, 1.807) is 12.4 Å². The van der Waals surface area contributed by atoms with Gasteiger partial charge in [0.25, 0.3) is 0 Å². The SMILES string of the molecule is CC1(C)c2ccccc2-c2cc(-c3cccc(-c4cccc(-c5nc(-c6ccccc6)nc(-c6ccc(-c7cccnc7)cc6)n5)c4)c3)ccc21.c1ccc(-c2nc(-c3ccc(-c4cccnc4)cc3)nc(-c3cccc(-c4cccc(-c5ccc6c(c5)-c5ccccc5C65c6ccccc6-c6ccccc65)c4)c3)n2)cc1.